The summed E-state index contributed by atoms with van der Waals surface area (Å²) in [6, 6.07) is 5.73. The van der Waals surface area contributed by atoms with Crippen LogP contribution < -0.4 is 5.32 Å². The third kappa shape index (κ3) is 3.96. The Bertz CT molecular complexity index is 484. The zero-order chi connectivity index (χ0) is 14.5. The van der Waals surface area contributed by atoms with E-state index in [1.54, 1.807) is 6.07 Å². The molecule has 4 nitrogen and oxygen atoms in total. The van der Waals surface area contributed by atoms with Crippen LogP contribution in [-0.2, 0) is 6.54 Å². The number of rotatable bonds is 6. The van der Waals surface area contributed by atoms with Gasteiger partial charge in [0, 0.05) is 23.9 Å². The van der Waals surface area contributed by atoms with Gasteiger partial charge in [0.2, 0.25) is 0 Å². The van der Waals surface area contributed by atoms with Crippen molar-refractivity contribution < 1.29 is 4.92 Å². The first-order valence-corrected chi connectivity index (χ1v) is 8.72. The van der Waals surface area contributed by atoms with Gasteiger partial charge >= 0.3 is 0 Å². The van der Waals surface area contributed by atoms with E-state index in [0.29, 0.717) is 17.1 Å². The van der Waals surface area contributed by atoms with Crippen molar-refractivity contribution in [2.45, 2.75) is 44.0 Å². The SMILES string of the molecule is CCSC1CCC(NCc2cccc([N+](=O)[O-])c2Br)C1. The average Bonchev–Trinajstić information content (AvgIpc) is 2.85. The maximum absolute atomic E-state index is 10.9. The second kappa shape index (κ2) is 7.43. The van der Waals surface area contributed by atoms with Crippen LogP contribution in [0.15, 0.2) is 22.7 Å². The Morgan fingerprint density at radius 2 is 2.30 bits per heavy atom. The molecular weight excluding hydrogens is 340 g/mol. The molecule has 1 N–H and O–H groups in total. The molecule has 2 unspecified atom stereocenters. The van der Waals surface area contributed by atoms with Gasteiger partial charge in [-0.15, -0.1) is 0 Å². The molecule has 0 saturated heterocycles. The number of hydrogen-bond acceptors (Lipinski definition) is 4. The van der Waals surface area contributed by atoms with Crippen LogP contribution >= 0.6 is 27.7 Å². The Balaban J connectivity index is 1.92. The van der Waals surface area contributed by atoms with Crippen LogP contribution in [-0.4, -0.2) is 22.0 Å². The molecule has 0 amide bonds. The molecule has 1 saturated carbocycles. The molecule has 6 heteroatoms. The number of nitrogens with zero attached hydrogens (tertiary/aromatic N) is 1. The summed E-state index contributed by atoms with van der Waals surface area (Å²) in [5.41, 5.74) is 1.08. The van der Waals surface area contributed by atoms with Gasteiger partial charge in [-0.05, 0) is 46.5 Å². The zero-order valence-corrected chi connectivity index (χ0v) is 13.9. The lowest BCUT2D eigenvalue weighted by Gasteiger charge is -2.14. The van der Waals surface area contributed by atoms with Crippen molar-refractivity contribution in [1.29, 1.82) is 0 Å². The van der Waals surface area contributed by atoms with Gasteiger partial charge < -0.3 is 5.32 Å². The predicted molar refractivity (Wildman–Crippen MR) is 87.2 cm³/mol. The van der Waals surface area contributed by atoms with Crippen molar-refractivity contribution >= 4 is 33.4 Å². The Morgan fingerprint density at radius 3 is 3.00 bits per heavy atom. The quantitative estimate of drug-likeness (QED) is 0.613. The van der Waals surface area contributed by atoms with E-state index in [1.807, 2.05) is 17.8 Å². The van der Waals surface area contributed by atoms with E-state index in [1.165, 1.54) is 31.1 Å². The summed E-state index contributed by atoms with van der Waals surface area (Å²) < 4.78 is 0.593. The fourth-order valence-corrected chi connectivity index (χ4v) is 4.30. The van der Waals surface area contributed by atoms with Gasteiger partial charge in [0.1, 0.15) is 0 Å². The van der Waals surface area contributed by atoms with Crippen LogP contribution in [0.25, 0.3) is 0 Å². The maximum Gasteiger partial charge on any atom is 0.283 e. The fourth-order valence-electron chi connectivity index (χ4n) is 2.61. The van der Waals surface area contributed by atoms with E-state index in [9.17, 15) is 10.1 Å². The highest BCUT2D eigenvalue weighted by Gasteiger charge is 2.24. The summed E-state index contributed by atoms with van der Waals surface area (Å²) >= 11 is 5.38. The molecule has 20 heavy (non-hydrogen) atoms. The van der Waals surface area contributed by atoms with Gasteiger partial charge in [-0.25, -0.2) is 0 Å². The minimum absolute atomic E-state index is 0.134. The van der Waals surface area contributed by atoms with E-state index >= 15 is 0 Å². The molecule has 1 aliphatic rings. The monoisotopic (exact) mass is 358 g/mol. The summed E-state index contributed by atoms with van der Waals surface area (Å²) in [4.78, 5) is 10.6. The first-order valence-electron chi connectivity index (χ1n) is 6.88. The Labute approximate surface area is 132 Å². The normalized spacial score (nSPS) is 22.1. The predicted octanol–water partition coefficient (Wildman–Crippen LogP) is 4.12. The zero-order valence-electron chi connectivity index (χ0n) is 11.5. The van der Waals surface area contributed by atoms with Crippen molar-refractivity contribution in [2.75, 3.05) is 5.75 Å². The lowest BCUT2D eigenvalue weighted by atomic mass is 10.2. The van der Waals surface area contributed by atoms with Gasteiger partial charge in [0.25, 0.3) is 5.69 Å². The molecule has 0 spiro atoms. The van der Waals surface area contributed by atoms with Crippen molar-refractivity contribution in [3.63, 3.8) is 0 Å². The van der Waals surface area contributed by atoms with E-state index in [-0.39, 0.29) is 10.6 Å². The smallest absolute Gasteiger partial charge is 0.283 e. The number of thioether (sulfide) groups is 1. The van der Waals surface area contributed by atoms with E-state index in [0.717, 1.165) is 10.8 Å². The van der Waals surface area contributed by atoms with Crippen molar-refractivity contribution in [3.8, 4) is 0 Å². The summed E-state index contributed by atoms with van der Waals surface area (Å²) in [6.45, 7) is 2.88. The summed E-state index contributed by atoms with van der Waals surface area (Å²) in [5, 5.41) is 15.2. The molecule has 0 aromatic heterocycles. The molecule has 0 heterocycles. The van der Waals surface area contributed by atoms with Crippen molar-refractivity contribution in [3.05, 3.63) is 38.3 Å². The molecule has 1 aliphatic carbocycles. The lowest BCUT2D eigenvalue weighted by Crippen LogP contribution is -2.26. The largest absolute Gasteiger partial charge is 0.310 e. The molecule has 1 aromatic carbocycles. The minimum atomic E-state index is -0.350. The molecule has 1 fully saturated rings. The van der Waals surface area contributed by atoms with Gasteiger partial charge in [-0.3, -0.25) is 10.1 Å². The van der Waals surface area contributed by atoms with Crippen molar-refractivity contribution in [1.82, 2.24) is 5.32 Å². The van der Waals surface area contributed by atoms with Crippen molar-refractivity contribution in [2.24, 2.45) is 0 Å². The third-order valence-corrected chi connectivity index (χ3v) is 5.77. The van der Waals surface area contributed by atoms with Gasteiger partial charge in [0.05, 0.1) is 9.40 Å². The number of halogens is 1. The Kier molecular flexibility index (Phi) is 5.86. The van der Waals surface area contributed by atoms with Crippen LogP contribution in [0.4, 0.5) is 5.69 Å². The third-order valence-electron chi connectivity index (χ3n) is 3.62. The highest BCUT2D eigenvalue weighted by molar-refractivity contribution is 9.10. The topological polar surface area (TPSA) is 55.2 Å². The van der Waals surface area contributed by atoms with E-state index in [2.05, 4.69) is 28.2 Å². The second-order valence-electron chi connectivity index (χ2n) is 4.98. The number of hydrogen-bond donors (Lipinski definition) is 1. The average molecular weight is 359 g/mol. The molecule has 2 atom stereocenters. The summed E-state index contributed by atoms with van der Waals surface area (Å²) in [6.07, 6.45) is 3.67. The maximum atomic E-state index is 10.9. The van der Waals surface area contributed by atoms with Crippen LogP contribution in [0.3, 0.4) is 0 Å². The highest BCUT2D eigenvalue weighted by Crippen LogP contribution is 2.31. The van der Waals surface area contributed by atoms with Gasteiger partial charge in [0.15, 0.2) is 0 Å². The standard InChI is InChI=1S/C14H19BrN2O2S/c1-2-20-12-7-6-11(8-12)16-9-10-4-3-5-13(14(10)15)17(18)19/h3-5,11-12,16H,2,6-9H2,1H3. The highest BCUT2D eigenvalue weighted by atomic mass is 79.9. The number of benzene rings is 1. The molecule has 0 aliphatic heterocycles. The number of nitrogens with one attached hydrogen (secondary N) is 1. The molecular formula is C14H19BrN2O2S. The Hall–Kier alpha value is -0.590. The number of nitro groups is 1. The van der Waals surface area contributed by atoms with Gasteiger partial charge in [-0.1, -0.05) is 19.1 Å². The van der Waals surface area contributed by atoms with Crippen LogP contribution in [0, 0.1) is 10.1 Å². The number of nitro benzene ring substituents is 1. The van der Waals surface area contributed by atoms with E-state index < -0.39 is 0 Å². The molecule has 110 valence electrons. The lowest BCUT2D eigenvalue weighted by molar-refractivity contribution is -0.385. The second-order valence-corrected chi connectivity index (χ2v) is 7.35. The molecule has 2 rings (SSSR count). The molecule has 1 aromatic rings. The van der Waals surface area contributed by atoms with Gasteiger partial charge in [-0.2, -0.15) is 11.8 Å². The summed E-state index contributed by atoms with van der Waals surface area (Å²) in [5.74, 6) is 1.17. The Morgan fingerprint density at radius 1 is 1.50 bits per heavy atom. The van der Waals surface area contributed by atoms with Crippen LogP contribution in [0.1, 0.15) is 31.7 Å². The van der Waals surface area contributed by atoms with Crippen LogP contribution in [0.2, 0.25) is 0 Å². The molecule has 0 bridgehead atoms. The first kappa shape index (κ1) is 15.8. The minimum Gasteiger partial charge on any atom is -0.310 e. The van der Waals surface area contributed by atoms with Crippen LogP contribution in [0.5, 0.6) is 0 Å². The molecule has 0 radical (unpaired) electrons. The fraction of sp³-hybridized carbons (Fsp3) is 0.571. The van der Waals surface area contributed by atoms with E-state index in [4.69, 9.17) is 0 Å². The summed E-state index contributed by atoms with van der Waals surface area (Å²) in [7, 11) is 0. The first-order chi connectivity index (χ1) is 9.61.